The summed E-state index contributed by atoms with van der Waals surface area (Å²) in [4.78, 5) is 24.4. The van der Waals surface area contributed by atoms with E-state index in [1.54, 1.807) is 11.8 Å². The van der Waals surface area contributed by atoms with Gasteiger partial charge >= 0.3 is 6.09 Å². The molecule has 0 radical (unpaired) electrons. The Bertz CT molecular complexity index is 1410. The first-order chi connectivity index (χ1) is 16.1. The summed E-state index contributed by atoms with van der Waals surface area (Å²) >= 11 is 1.52. The number of aromatic nitrogens is 2. The zero-order valence-electron chi connectivity index (χ0n) is 18.4. The summed E-state index contributed by atoms with van der Waals surface area (Å²) in [6, 6.07) is 14.3. The van der Waals surface area contributed by atoms with Crippen LogP contribution in [0.25, 0.3) is 31.6 Å². The van der Waals surface area contributed by atoms with Crippen molar-refractivity contribution in [2.45, 2.75) is 26.8 Å². The first-order valence-corrected chi connectivity index (χ1v) is 11.7. The third-order valence-corrected chi connectivity index (χ3v) is 6.71. The van der Waals surface area contributed by atoms with Crippen molar-refractivity contribution < 1.29 is 14.3 Å². The standard InChI is InChI=1S/C25H22N4O3S/c1-3-31-23-17(13-26)20(15-8-6-5-7-9-15)21-22-19(33-24(21)28-23)12-16-14-29(25(30)32-4-2)11-10-18(16)27-22/h5-9,12H,3-4,10-11,14H2,1-2H3. The molecule has 1 aliphatic heterocycles. The largest absolute Gasteiger partial charge is 0.477 e. The Morgan fingerprint density at radius 2 is 2.03 bits per heavy atom. The molecule has 7 nitrogen and oxygen atoms in total. The van der Waals surface area contributed by atoms with E-state index in [0.717, 1.165) is 42.8 Å². The van der Waals surface area contributed by atoms with Crippen LogP contribution in [0.5, 0.6) is 5.88 Å². The number of hydrogen-bond donors (Lipinski definition) is 0. The van der Waals surface area contributed by atoms with Crippen LogP contribution in [0.2, 0.25) is 0 Å². The van der Waals surface area contributed by atoms with Crippen LogP contribution in [0.1, 0.15) is 30.7 Å². The van der Waals surface area contributed by atoms with E-state index in [2.05, 4.69) is 12.1 Å². The lowest BCUT2D eigenvalue weighted by atomic mass is 9.97. The van der Waals surface area contributed by atoms with Crippen molar-refractivity contribution in [2.75, 3.05) is 19.8 Å². The van der Waals surface area contributed by atoms with Crippen LogP contribution >= 0.6 is 11.3 Å². The van der Waals surface area contributed by atoms with Crippen LogP contribution < -0.4 is 4.74 Å². The number of nitrogens with zero attached hydrogens (tertiary/aromatic N) is 4. The summed E-state index contributed by atoms with van der Waals surface area (Å²) in [6.45, 7) is 5.49. The maximum atomic E-state index is 12.2. The molecule has 4 aromatic rings. The van der Waals surface area contributed by atoms with E-state index in [9.17, 15) is 10.1 Å². The van der Waals surface area contributed by atoms with E-state index >= 15 is 0 Å². The molecule has 0 saturated carbocycles. The van der Waals surface area contributed by atoms with Crippen molar-refractivity contribution in [3.05, 3.63) is 53.2 Å². The predicted octanol–water partition coefficient (Wildman–Crippen LogP) is 5.30. The number of rotatable bonds is 4. The van der Waals surface area contributed by atoms with Gasteiger partial charge in [0.15, 0.2) is 0 Å². The normalized spacial score (nSPS) is 13.1. The number of benzene rings is 1. The quantitative estimate of drug-likeness (QED) is 0.413. The molecule has 0 spiro atoms. The van der Waals surface area contributed by atoms with Gasteiger partial charge < -0.3 is 14.4 Å². The van der Waals surface area contributed by atoms with Crippen molar-refractivity contribution in [3.8, 4) is 23.1 Å². The van der Waals surface area contributed by atoms with Gasteiger partial charge in [-0.25, -0.2) is 9.78 Å². The van der Waals surface area contributed by atoms with Crippen LogP contribution in [-0.4, -0.2) is 40.7 Å². The Morgan fingerprint density at radius 1 is 1.21 bits per heavy atom. The first kappa shape index (κ1) is 21.2. The highest BCUT2D eigenvalue weighted by atomic mass is 32.1. The zero-order chi connectivity index (χ0) is 22.9. The van der Waals surface area contributed by atoms with Crippen molar-refractivity contribution in [3.63, 3.8) is 0 Å². The smallest absolute Gasteiger partial charge is 0.410 e. The number of carbonyl (C=O) groups excluding carboxylic acids is 1. The summed E-state index contributed by atoms with van der Waals surface area (Å²) in [5.41, 5.74) is 4.96. The van der Waals surface area contributed by atoms with Gasteiger partial charge in [0, 0.05) is 29.6 Å². The fourth-order valence-electron chi connectivity index (χ4n) is 4.26. The minimum atomic E-state index is -0.298. The topological polar surface area (TPSA) is 88.3 Å². The van der Waals surface area contributed by atoms with Crippen LogP contribution in [0.15, 0.2) is 36.4 Å². The van der Waals surface area contributed by atoms with Crippen molar-refractivity contribution in [2.24, 2.45) is 0 Å². The number of amides is 1. The van der Waals surface area contributed by atoms with Gasteiger partial charge in [0.2, 0.25) is 5.88 Å². The summed E-state index contributed by atoms with van der Waals surface area (Å²) in [5, 5.41) is 10.9. The van der Waals surface area contributed by atoms with Gasteiger partial charge in [-0.05, 0) is 31.0 Å². The van der Waals surface area contributed by atoms with Crippen molar-refractivity contribution in [1.82, 2.24) is 14.9 Å². The molecule has 0 fully saturated rings. The molecule has 5 rings (SSSR count). The van der Waals surface area contributed by atoms with Gasteiger partial charge in [0.25, 0.3) is 0 Å². The highest BCUT2D eigenvalue weighted by Gasteiger charge is 2.26. The molecular formula is C25H22N4O3S. The second-order valence-electron chi connectivity index (χ2n) is 7.67. The van der Waals surface area contributed by atoms with Gasteiger partial charge in [-0.3, -0.25) is 4.98 Å². The van der Waals surface area contributed by atoms with Crippen molar-refractivity contribution in [1.29, 1.82) is 5.26 Å². The predicted molar refractivity (Wildman–Crippen MR) is 127 cm³/mol. The summed E-state index contributed by atoms with van der Waals surface area (Å²) in [7, 11) is 0. The van der Waals surface area contributed by atoms with Gasteiger partial charge in [-0.15, -0.1) is 11.3 Å². The SMILES string of the molecule is CCOC(=O)N1CCc2nc3c(cc2C1)sc1nc(OCC)c(C#N)c(-c2ccccc2)c13. The molecule has 1 amide bonds. The number of ether oxygens (including phenoxy) is 2. The molecule has 0 atom stereocenters. The molecule has 166 valence electrons. The lowest BCUT2D eigenvalue weighted by Gasteiger charge is -2.27. The number of pyridine rings is 2. The summed E-state index contributed by atoms with van der Waals surface area (Å²) in [5.74, 6) is 0.344. The lowest BCUT2D eigenvalue weighted by molar-refractivity contribution is 0.102. The highest BCUT2D eigenvalue weighted by molar-refractivity contribution is 7.25. The summed E-state index contributed by atoms with van der Waals surface area (Å²) < 4.78 is 11.9. The number of fused-ring (bicyclic) bond motifs is 4. The molecule has 0 saturated heterocycles. The maximum Gasteiger partial charge on any atom is 0.410 e. The molecule has 4 heterocycles. The Balaban J connectivity index is 1.74. The third-order valence-electron chi connectivity index (χ3n) is 5.69. The average Bonchev–Trinajstić information content (AvgIpc) is 3.18. The maximum absolute atomic E-state index is 12.2. The Kier molecular flexibility index (Phi) is 5.56. The van der Waals surface area contributed by atoms with Gasteiger partial charge in [-0.1, -0.05) is 30.3 Å². The van der Waals surface area contributed by atoms with Crippen molar-refractivity contribution >= 4 is 37.9 Å². The van der Waals surface area contributed by atoms with Crippen LogP contribution in [0.4, 0.5) is 4.79 Å². The number of hydrogen-bond acceptors (Lipinski definition) is 7. The van der Waals surface area contributed by atoms with E-state index < -0.39 is 0 Å². The Hall–Kier alpha value is -3.70. The third kappa shape index (κ3) is 3.64. The van der Waals surface area contributed by atoms with Crippen LogP contribution in [0.3, 0.4) is 0 Å². The number of carbonyl (C=O) groups is 1. The first-order valence-electron chi connectivity index (χ1n) is 10.9. The monoisotopic (exact) mass is 458 g/mol. The molecule has 0 unspecified atom stereocenters. The van der Waals surface area contributed by atoms with Crippen LogP contribution in [-0.2, 0) is 17.7 Å². The molecule has 0 aliphatic carbocycles. The van der Waals surface area contributed by atoms with E-state index in [0.29, 0.717) is 44.2 Å². The van der Waals surface area contributed by atoms with E-state index in [4.69, 9.17) is 19.4 Å². The highest BCUT2D eigenvalue weighted by Crippen LogP contribution is 2.43. The van der Waals surface area contributed by atoms with E-state index in [1.165, 1.54) is 11.3 Å². The van der Waals surface area contributed by atoms with Gasteiger partial charge in [0.05, 0.1) is 30.0 Å². The molecule has 1 aromatic carbocycles. The van der Waals surface area contributed by atoms with E-state index in [1.807, 2.05) is 37.3 Å². The minimum Gasteiger partial charge on any atom is -0.477 e. The number of nitriles is 1. The Labute approximate surface area is 195 Å². The average molecular weight is 459 g/mol. The fraction of sp³-hybridized carbons (Fsp3) is 0.280. The molecule has 0 N–H and O–H groups in total. The molecule has 3 aromatic heterocycles. The molecule has 1 aliphatic rings. The van der Waals surface area contributed by atoms with E-state index in [-0.39, 0.29) is 6.09 Å². The fourth-order valence-corrected chi connectivity index (χ4v) is 5.34. The second kappa shape index (κ2) is 8.68. The number of thiophene rings is 1. The van der Waals surface area contributed by atoms with Gasteiger partial charge in [0.1, 0.15) is 16.5 Å². The van der Waals surface area contributed by atoms with Gasteiger partial charge in [-0.2, -0.15) is 5.26 Å². The zero-order valence-corrected chi connectivity index (χ0v) is 19.2. The lowest BCUT2D eigenvalue weighted by Crippen LogP contribution is -2.36. The second-order valence-corrected chi connectivity index (χ2v) is 8.70. The minimum absolute atomic E-state index is 0.298. The summed E-state index contributed by atoms with van der Waals surface area (Å²) in [6.07, 6.45) is 0.352. The molecule has 33 heavy (non-hydrogen) atoms. The molecule has 8 heteroatoms. The van der Waals surface area contributed by atoms with Crippen LogP contribution in [0, 0.1) is 11.3 Å². The Morgan fingerprint density at radius 3 is 2.76 bits per heavy atom. The molecular weight excluding hydrogens is 436 g/mol. The molecule has 0 bridgehead atoms.